The van der Waals surface area contributed by atoms with E-state index in [0.717, 1.165) is 16.5 Å². The first kappa shape index (κ1) is 19.4. The van der Waals surface area contributed by atoms with Crippen molar-refractivity contribution < 1.29 is 23.5 Å². The Kier molecular flexibility index (Phi) is 6.29. The number of carbonyl (C=O) groups is 2. The summed E-state index contributed by atoms with van der Waals surface area (Å²) in [6.07, 6.45) is -0.502. The smallest absolute Gasteiger partial charge is 0.309 e. The van der Waals surface area contributed by atoms with Crippen molar-refractivity contribution in [1.29, 1.82) is 0 Å². The van der Waals surface area contributed by atoms with Gasteiger partial charge in [0, 0.05) is 24.6 Å². The number of rotatable bonds is 7. The van der Waals surface area contributed by atoms with Crippen LogP contribution < -0.4 is 15.4 Å². The fourth-order valence-corrected chi connectivity index (χ4v) is 2.83. The van der Waals surface area contributed by atoms with Crippen molar-refractivity contribution in [2.75, 3.05) is 20.8 Å². The van der Waals surface area contributed by atoms with Gasteiger partial charge in [0.1, 0.15) is 23.2 Å². The molecule has 0 saturated heterocycles. The van der Waals surface area contributed by atoms with Crippen LogP contribution in [0.5, 0.6) is 5.75 Å². The summed E-state index contributed by atoms with van der Waals surface area (Å²) in [7, 11) is 3.07. The summed E-state index contributed by atoms with van der Waals surface area (Å²) in [4.78, 5) is 24.2. The molecule has 0 saturated carbocycles. The maximum absolute atomic E-state index is 12.1. The van der Waals surface area contributed by atoms with Crippen molar-refractivity contribution in [1.82, 2.24) is 10.6 Å². The van der Waals surface area contributed by atoms with Crippen LogP contribution in [0.3, 0.4) is 0 Å². The molecule has 0 fully saturated rings. The molecule has 0 radical (unpaired) electrons. The minimum absolute atomic E-state index is 0.108. The molecule has 2 N–H and O–H groups in total. The lowest BCUT2D eigenvalue weighted by molar-refractivity contribution is -0.139. The van der Waals surface area contributed by atoms with E-state index >= 15 is 0 Å². The summed E-state index contributed by atoms with van der Waals surface area (Å²) in [5.74, 6) is -0.246. The molecule has 1 aromatic heterocycles. The van der Waals surface area contributed by atoms with Crippen molar-refractivity contribution in [2.45, 2.75) is 12.6 Å². The number of nitrogens with one attached hydrogen (secondary N) is 2. The zero-order chi connectivity index (χ0) is 19.9. The number of hydrogen-bond acceptors (Lipinski definition) is 5. The molecule has 0 aliphatic heterocycles. The Hall–Kier alpha value is -3.32. The first-order valence-corrected chi connectivity index (χ1v) is 8.81. The van der Waals surface area contributed by atoms with Gasteiger partial charge in [-0.2, -0.15) is 0 Å². The SMILES string of the molecule is COc1ccccc1CNC(=O)C(=O)NC[C@H](OC)c1cc2ccccc2o1. The molecule has 1 atom stereocenters. The molecule has 0 bridgehead atoms. The van der Waals surface area contributed by atoms with E-state index in [9.17, 15) is 9.59 Å². The van der Waals surface area contributed by atoms with Crippen molar-refractivity contribution in [2.24, 2.45) is 0 Å². The standard InChI is InChI=1S/C21H22N2O5/c1-26-16-9-5-4-8-15(16)12-22-20(24)21(25)23-13-19(27-2)18-11-14-7-3-6-10-17(14)28-18/h3-11,19H,12-13H2,1-2H3,(H,22,24)(H,23,25)/t19-/m0/s1. The summed E-state index contributed by atoms with van der Waals surface area (Å²) >= 11 is 0. The average molecular weight is 382 g/mol. The summed E-state index contributed by atoms with van der Waals surface area (Å²) in [5.41, 5.74) is 1.52. The van der Waals surface area contributed by atoms with Crippen LogP contribution in [0.1, 0.15) is 17.4 Å². The third kappa shape index (κ3) is 4.50. The minimum Gasteiger partial charge on any atom is -0.496 e. The van der Waals surface area contributed by atoms with Crippen molar-refractivity contribution >= 4 is 22.8 Å². The zero-order valence-corrected chi connectivity index (χ0v) is 15.7. The predicted octanol–water partition coefficient (Wildman–Crippen LogP) is 2.56. The number of methoxy groups -OCH3 is 2. The van der Waals surface area contributed by atoms with Crippen LogP contribution in [0, 0.1) is 0 Å². The van der Waals surface area contributed by atoms with E-state index in [2.05, 4.69) is 10.6 Å². The molecule has 2 amide bonds. The highest BCUT2D eigenvalue weighted by molar-refractivity contribution is 6.35. The molecule has 2 aromatic carbocycles. The summed E-state index contributed by atoms with van der Waals surface area (Å²) in [6.45, 7) is 0.296. The normalized spacial score (nSPS) is 11.8. The van der Waals surface area contributed by atoms with Gasteiger partial charge in [-0.3, -0.25) is 9.59 Å². The van der Waals surface area contributed by atoms with Gasteiger partial charge < -0.3 is 24.5 Å². The largest absolute Gasteiger partial charge is 0.496 e. The lowest BCUT2D eigenvalue weighted by Crippen LogP contribution is -2.41. The van der Waals surface area contributed by atoms with Gasteiger partial charge in [0.2, 0.25) is 0 Å². The van der Waals surface area contributed by atoms with E-state index in [1.54, 1.807) is 13.2 Å². The molecule has 1 heterocycles. The second kappa shape index (κ2) is 9.05. The zero-order valence-electron chi connectivity index (χ0n) is 15.7. The molecule has 3 aromatic rings. The van der Waals surface area contributed by atoms with Crippen molar-refractivity contribution in [3.63, 3.8) is 0 Å². The van der Waals surface area contributed by atoms with Gasteiger partial charge in [-0.15, -0.1) is 0 Å². The number of benzene rings is 2. The van der Waals surface area contributed by atoms with Gasteiger partial charge in [-0.05, 0) is 18.2 Å². The number of para-hydroxylation sites is 2. The highest BCUT2D eigenvalue weighted by Crippen LogP contribution is 2.25. The Labute approximate surface area is 162 Å². The van der Waals surface area contributed by atoms with E-state index in [-0.39, 0.29) is 13.1 Å². The highest BCUT2D eigenvalue weighted by Gasteiger charge is 2.20. The van der Waals surface area contributed by atoms with Gasteiger partial charge in [0.25, 0.3) is 0 Å². The highest BCUT2D eigenvalue weighted by atomic mass is 16.5. The number of ether oxygens (including phenoxy) is 2. The molecule has 7 heteroatoms. The Bertz CT molecular complexity index is 933. The van der Waals surface area contributed by atoms with Crippen LogP contribution in [-0.4, -0.2) is 32.6 Å². The van der Waals surface area contributed by atoms with Crippen LogP contribution in [0.4, 0.5) is 0 Å². The van der Waals surface area contributed by atoms with E-state index in [1.807, 2.05) is 48.5 Å². The van der Waals surface area contributed by atoms with Gasteiger partial charge in [0.15, 0.2) is 0 Å². The first-order valence-electron chi connectivity index (χ1n) is 8.81. The van der Waals surface area contributed by atoms with Crippen molar-refractivity contribution in [3.8, 4) is 5.75 Å². The van der Waals surface area contributed by atoms with Crippen LogP contribution in [0.2, 0.25) is 0 Å². The van der Waals surface area contributed by atoms with E-state index in [1.165, 1.54) is 7.11 Å². The number of carbonyl (C=O) groups excluding carboxylic acids is 2. The fraction of sp³-hybridized carbons (Fsp3) is 0.238. The van der Waals surface area contributed by atoms with Gasteiger partial charge >= 0.3 is 11.8 Å². The van der Waals surface area contributed by atoms with Gasteiger partial charge in [-0.25, -0.2) is 0 Å². The second-order valence-corrected chi connectivity index (χ2v) is 6.12. The third-order valence-electron chi connectivity index (χ3n) is 4.33. The van der Waals surface area contributed by atoms with Gasteiger partial charge in [0.05, 0.1) is 13.7 Å². The number of amides is 2. The van der Waals surface area contributed by atoms with E-state index in [4.69, 9.17) is 13.9 Å². The molecule has 3 rings (SSSR count). The monoisotopic (exact) mass is 382 g/mol. The Balaban J connectivity index is 1.55. The summed E-state index contributed by atoms with van der Waals surface area (Å²) < 4.78 is 16.4. The molecular formula is C21H22N2O5. The fourth-order valence-electron chi connectivity index (χ4n) is 2.83. The predicted molar refractivity (Wildman–Crippen MR) is 104 cm³/mol. The van der Waals surface area contributed by atoms with Gasteiger partial charge in [-0.1, -0.05) is 36.4 Å². The molecule has 28 heavy (non-hydrogen) atoms. The maximum Gasteiger partial charge on any atom is 0.309 e. The minimum atomic E-state index is -0.743. The third-order valence-corrected chi connectivity index (χ3v) is 4.33. The van der Waals surface area contributed by atoms with Crippen LogP contribution in [0.25, 0.3) is 11.0 Å². The molecule has 7 nitrogen and oxygen atoms in total. The molecule has 0 unspecified atom stereocenters. The van der Waals surface area contributed by atoms with Crippen LogP contribution in [-0.2, 0) is 20.9 Å². The number of hydrogen-bond donors (Lipinski definition) is 2. The molecule has 146 valence electrons. The van der Waals surface area contributed by atoms with Crippen LogP contribution >= 0.6 is 0 Å². The quantitative estimate of drug-likeness (QED) is 0.613. The lowest BCUT2D eigenvalue weighted by Gasteiger charge is -2.14. The Morgan fingerprint density at radius 1 is 1.00 bits per heavy atom. The molecule has 0 aliphatic rings. The molecule has 0 spiro atoms. The number of furan rings is 1. The lowest BCUT2D eigenvalue weighted by atomic mass is 10.2. The van der Waals surface area contributed by atoms with E-state index in [0.29, 0.717) is 11.5 Å². The topological polar surface area (TPSA) is 89.8 Å². The van der Waals surface area contributed by atoms with Crippen molar-refractivity contribution in [3.05, 3.63) is 65.9 Å². The number of fused-ring (bicyclic) bond motifs is 1. The first-order chi connectivity index (χ1) is 13.6. The maximum atomic E-state index is 12.1. The average Bonchev–Trinajstić information content (AvgIpc) is 3.16. The molecule has 0 aliphatic carbocycles. The molecular weight excluding hydrogens is 360 g/mol. The second-order valence-electron chi connectivity index (χ2n) is 6.12. The Morgan fingerprint density at radius 3 is 2.46 bits per heavy atom. The van der Waals surface area contributed by atoms with E-state index < -0.39 is 17.9 Å². The van der Waals surface area contributed by atoms with Crippen LogP contribution in [0.15, 0.2) is 59.0 Å². The summed E-state index contributed by atoms with van der Waals surface area (Å²) in [6, 6.07) is 16.7. The summed E-state index contributed by atoms with van der Waals surface area (Å²) in [5, 5.41) is 6.10. The Morgan fingerprint density at radius 2 is 1.71 bits per heavy atom.